The third-order valence-corrected chi connectivity index (χ3v) is 4.15. The normalized spacial score (nSPS) is 18.4. The van der Waals surface area contributed by atoms with Crippen LogP contribution in [0.25, 0.3) is 0 Å². The zero-order chi connectivity index (χ0) is 14.5. The van der Waals surface area contributed by atoms with E-state index in [0.29, 0.717) is 0 Å². The number of pyridine rings is 1. The van der Waals surface area contributed by atoms with Gasteiger partial charge in [0.15, 0.2) is 0 Å². The summed E-state index contributed by atoms with van der Waals surface area (Å²) in [5.74, 6) is 0.756. The molecule has 0 radical (unpaired) electrons. The number of rotatable bonds is 5. The zero-order valence-electron chi connectivity index (χ0n) is 12.7. The second kappa shape index (κ2) is 6.72. The van der Waals surface area contributed by atoms with Crippen molar-refractivity contribution in [3.05, 3.63) is 60.4 Å². The Hall–Kier alpha value is -1.87. The van der Waals surface area contributed by atoms with Gasteiger partial charge in [-0.15, -0.1) is 0 Å². The minimum absolute atomic E-state index is 0.756. The van der Waals surface area contributed by atoms with Gasteiger partial charge in [0.25, 0.3) is 0 Å². The molecule has 2 heterocycles. The average Bonchev–Trinajstić information content (AvgIpc) is 2.97. The van der Waals surface area contributed by atoms with Gasteiger partial charge in [0, 0.05) is 44.3 Å². The maximum atomic E-state index is 4.19. The number of para-hydroxylation sites is 1. The van der Waals surface area contributed by atoms with Gasteiger partial charge in [0.1, 0.15) is 0 Å². The van der Waals surface area contributed by atoms with Crippen LogP contribution in [0.4, 0.5) is 5.69 Å². The molecular weight excluding hydrogens is 258 g/mol. The average molecular weight is 281 g/mol. The lowest BCUT2D eigenvalue weighted by atomic mass is 10.1. The number of aromatic nitrogens is 1. The summed E-state index contributed by atoms with van der Waals surface area (Å²) in [6, 6.07) is 14.9. The van der Waals surface area contributed by atoms with Crippen molar-refractivity contribution >= 4 is 5.69 Å². The first-order valence-corrected chi connectivity index (χ1v) is 7.69. The number of benzene rings is 1. The van der Waals surface area contributed by atoms with Crippen LogP contribution in [-0.2, 0) is 6.54 Å². The van der Waals surface area contributed by atoms with E-state index in [1.54, 1.807) is 0 Å². The molecule has 0 bridgehead atoms. The molecule has 3 nitrogen and oxygen atoms in total. The SMILES string of the molecule is CN(Cc1cccnc1)C[C@@H]1CCN(c2ccccc2)C1. The molecule has 0 saturated carbocycles. The van der Waals surface area contributed by atoms with Crippen LogP contribution in [0.15, 0.2) is 54.9 Å². The summed E-state index contributed by atoms with van der Waals surface area (Å²) in [6.07, 6.45) is 5.08. The Morgan fingerprint density at radius 3 is 2.81 bits per heavy atom. The van der Waals surface area contributed by atoms with Gasteiger partial charge < -0.3 is 9.80 Å². The minimum Gasteiger partial charge on any atom is -0.371 e. The monoisotopic (exact) mass is 281 g/mol. The molecule has 3 rings (SSSR count). The Labute approximate surface area is 127 Å². The van der Waals surface area contributed by atoms with Gasteiger partial charge in [0.05, 0.1) is 0 Å². The molecule has 0 spiro atoms. The van der Waals surface area contributed by atoms with E-state index in [4.69, 9.17) is 0 Å². The highest BCUT2D eigenvalue weighted by Gasteiger charge is 2.23. The van der Waals surface area contributed by atoms with Crippen molar-refractivity contribution in [2.24, 2.45) is 5.92 Å². The Morgan fingerprint density at radius 2 is 2.05 bits per heavy atom. The number of nitrogens with zero attached hydrogens (tertiary/aromatic N) is 3. The van der Waals surface area contributed by atoms with Crippen LogP contribution >= 0.6 is 0 Å². The highest BCUT2D eigenvalue weighted by atomic mass is 15.2. The van der Waals surface area contributed by atoms with Gasteiger partial charge in [0.2, 0.25) is 0 Å². The second-order valence-electron chi connectivity index (χ2n) is 5.99. The van der Waals surface area contributed by atoms with E-state index in [1.165, 1.54) is 30.8 Å². The van der Waals surface area contributed by atoms with Gasteiger partial charge in [-0.3, -0.25) is 4.98 Å². The van der Waals surface area contributed by atoms with Crippen LogP contribution in [0, 0.1) is 5.92 Å². The van der Waals surface area contributed by atoms with Crippen LogP contribution in [0.3, 0.4) is 0 Å². The zero-order valence-corrected chi connectivity index (χ0v) is 12.7. The van der Waals surface area contributed by atoms with Crippen LogP contribution in [0.5, 0.6) is 0 Å². The minimum atomic E-state index is 0.756. The van der Waals surface area contributed by atoms with Gasteiger partial charge in [-0.25, -0.2) is 0 Å². The molecule has 0 unspecified atom stereocenters. The summed E-state index contributed by atoms with van der Waals surface area (Å²) >= 11 is 0. The first kappa shape index (κ1) is 14.1. The lowest BCUT2D eigenvalue weighted by Crippen LogP contribution is -2.28. The molecule has 1 fully saturated rings. The van der Waals surface area contributed by atoms with E-state index in [9.17, 15) is 0 Å². The molecule has 110 valence electrons. The lowest BCUT2D eigenvalue weighted by molar-refractivity contribution is 0.279. The predicted octanol–water partition coefficient (Wildman–Crippen LogP) is 3.04. The van der Waals surface area contributed by atoms with E-state index in [2.05, 4.69) is 58.2 Å². The van der Waals surface area contributed by atoms with Gasteiger partial charge in [-0.1, -0.05) is 24.3 Å². The summed E-state index contributed by atoms with van der Waals surface area (Å²) in [5, 5.41) is 0. The summed E-state index contributed by atoms with van der Waals surface area (Å²) in [5.41, 5.74) is 2.65. The number of hydrogen-bond acceptors (Lipinski definition) is 3. The van der Waals surface area contributed by atoms with Gasteiger partial charge >= 0.3 is 0 Å². The second-order valence-corrected chi connectivity index (χ2v) is 5.99. The maximum Gasteiger partial charge on any atom is 0.0366 e. The number of hydrogen-bond donors (Lipinski definition) is 0. The van der Waals surface area contributed by atoms with Crippen LogP contribution in [-0.4, -0.2) is 36.6 Å². The van der Waals surface area contributed by atoms with Gasteiger partial charge in [-0.05, 0) is 43.1 Å². The first-order valence-electron chi connectivity index (χ1n) is 7.69. The molecular formula is C18H23N3. The van der Waals surface area contributed by atoms with Crippen molar-refractivity contribution in [3.8, 4) is 0 Å². The summed E-state index contributed by atoms with van der Waals surface area (Å²) in [6.45, 7) is 4.48. The fourth-order valence-corrected chi connectivity index (χ4v) is 3.16. The summed E-state index contributed by atoms with van der Waals surface area (Å²) in [4.78, 5) is 9.10. The van der Waals surface area contributed by atoms with E-state index in [1.807, 2.05) is 18.5 Å². The van der Waals surface area contributed by atoms with Crippen molar-refractivity contribution in [1.82, 2.24) is 9.88 Å². The van der Waals surface area contributed by atoms with Crippen molar-refractivity contribution in [1.29, 1.82) is 0 Å². The first-order chi connectivity index (χ1) is 10.3. The lowest BCUT2D eigenvalue weighted by Gasteiger charge is -2.22. The molecule has 1 saturated heterocycles. The smallest absolute Gasteiger partial charge is 0.0366 e. The molecule has 1 aromatic carbocycles. The van der Waals surface area contributed by atoms with Crippen molar-refractivity contribution in [3.63, 3.8) is 0 Å². The fraction of sp³-hybridized carbons (Fsp3) is 0.389. The van der Waals surface area contributed by atoms with E-state index in [-0.39, 0.29) is 0 Å². The molecule has 1 aliphatic heterocycles. The van der Waals surface area contributed by atoms with E-state index in [0.717, 1.165) is 19.0 Å². The highest BCUT2D eigenvalue weighted by molar-refractivity contribution is 5.46. The van der Waals surface area contributed by atoms with E-state index < -0.39 is 0 Å². The molecule has 1 aromatic heterocycles. The van der Waals surface area contributed by atoms with Crippen LogP contribution < -0.4 is 4.90 Å². The third kappa shape index (κ3) is 3.82. The molecule has 0 amide bonds. The van der Waals surface area contributed by atoms with Crippen LogP contribution in [0.1, 0.15) is 12.0 Å². The summed E-state index contributed by atoms with van der Waals surface area (Å²) < 4.78 is 0. The Balaban J connectivity index is 1.50. The molecule has 1 atom stereocenters. The van der Waals surface area contributed by atoms with Crippen molar-refractivity contribution in [2.45, 2.75) is 13.0 Å². The predicted molar refractivity (Wildman–Crippen MR) is 87.3 cm³/mol. The van der Waals surface area contributed by atoms with Crippen LogP contribution in [0.2, 0.25) is 0 Å². The number of anilines is 1. The quantitative estimate of drug-likeness (QED) is 0.840. The fourth-order valence-electron chi connectivity index (χ4n) is 3.16. The topological polar surface area (TPSA) is 19.4 Å². The molecule has 21 heavy (non-hydrogen) atoms. The van der Waals surface area contributed by atoms with Crippen molar-refractivity contribution < 1.29 is 0 Å². The Morgan fingerprint density at radius 1 is 1.19 bits per heavy atom. The largest absolute Gasteiger partial charge is 0.371 e. The van der Waals surface area contributed by atoms with Gasteiger partial charge in [-0.2, -0.15) is 0 Å². The maximum absolute atomic E-state index is 4.19. The Kier molecular flexibility index (Phi) is 4.51. The molecule has 1 aliphatic rings. The summed E-state index contributed by atoms with van der Waals surface area (Å²) in [7, 11) is 2.21. The third-order valence-electron chi connectivity index (χ3n) is 4.15. The van der Waals surface area contributed by atoms with E-state index >= 15 is 0 Å². The Bertz CT molecular complexity index is 541. The highest BCUT2D eigenvalue weighted by Crippen LogP contribution is 2.24. The van der Waals surface area contributed by atoms with Crippen molar-refractivity contribution in [2.75, 3.05) is 31.6 Å². The molecule has 0 N–H and O–H groups in total. The standard InChI is InChI=1S/C18H23N3/c1-20(13-16-6-5-10-19-12-16)14-17-9-11-21(15-17)18-7-3-2-4-8-18/h2-8,10,12,17H,9,11,13-15H2,1H3/t17-/m0/s1. The molecule has 2 aromatic rings. The molecule has 0 aliphatic carbocycles. The molecule has 3 heteroatoms.